The summed E-state index contributed by atoms with van der Waals surface area (Å²) in [6.07, 6.45) is 0.250. The number of nitrogens with zero attached hydrogens (tertiary/aromatic N) is 4. The number of benzene rings is 1. The highest BCUT2D eigenvalue weighted by Crippen LogP contribution is 2.40. The summed E-state index contributed by atoms with van der Waals surface area (Å²) in [5, 5.41) is 12.6. The molecule has 2 rings (SSSR count). The van der Waals surface area contributed by atoms with Crippen molar-refractivity contribution >= 4 is 50.5 Å². The fraction of sp³-hybridized carbons (Fsp3) is 0.286. The first-order chi connectivity index (χ1) is 12.0. The second kappa shape index (κ2) is 7.68. The molecule has 140 valence electrons. The van der Waals surface area contributed by atoms with Gasteiger partial charge in [-0.1, -0.05) is 33.9 Å². The van der Waals surface area contributed by atoms with E-state index in [0.29, 0.717) is 12.1 Å². The van der Waals surface area contributed by atoms with Crippen LogP contribution in [0.25, 0.3) is 5.69 Å². The van der Waals surface area contributed by atoms with E-state index in [-0.39, 0.29) is 32.1 Å². The van der Waals surface area contributed by atoms with Gasteiger partial charge in [-0.05, 0) is 24.6 Å². The molecule has 1 aromatic carbocycles. The van der Waals surface area contributed by atoms with E-state index in [1.165, 1.54) is 6.26 Å². The van der Waals surface area contributed by atoms with E-state index in [4.69, 9.17) is 23.2 Å². The second-order valence-electron chi connectivity index (χ2n) is 5.13. The molecular weight excluding hydrogens is 432 g/mol. The lowest BCUT2D eigenvalue weighted by Gasteiger charge is -2.13. The van der Waals surface area contributed by atoms with Crippen LogP contribution in [0.15, 0.2) is 21.4 Å². The zero-order chi connectivity index (χ0) is 19.8. The molecule has 0 aliphatic carbocycles. The van der Waals surface area contributed by atoms with Gasteiger partial charge in [-0.2, -0.15) is 23.5 Å². The highest BCUT2D eigenvalue weighted by molar-refractivity contribution is 7.86. The molecule has 0 spiro atoms. The number of halogens is 5. The Bertz CT molecular complexity index is 953. The Balaban J connectivity index is 2.88. The Morgan fingerprint density at radius 1 is 1.23 bits per heavy atom. The first-order valence-corrected chi connectivity index (χ1v) is 11.0. The predicted octanol–water partition coefficient (Wildman–Crippen LogP) is 4.50. The lowest BCUT2D eigenvalue weighted by atomic mass is 10.2. The van der Waals surface area contributed by atoms with Crippen molar-refractivity contribution < 1.29 is 17.4 Å². The Morgan fingerprint density at radius 2 is 1.77 bits per heavy atom. The normalized spacial score (nSPS) is 12.9. The van der Waals surface area contributed by atoms with Crippen LogP contribution in [0.3, 0.4) is 0 Å². The highest BCUT2D eigenvalue weighted by atomic mass is 35.5. The molecule has 0 fully saturated rings. The number of alkyl halides is 3. The molecule has 0 bridgehead atoms. The molecule has 0 radical (unpaired) electrons. The van der Waals surface area contributed by atoms with Gasteiger partial charge in [0.15, 0.2) is 11.5 Å². The van der Waals surface area contributed by atoms with Gasteiger partial charge in [0, 0.05) is 6.26 Å². The Hall–Kier alpha value is -1.41. The third-order valence-electron chi connectivity index (χ3n) is 3.04. The van der Waals surface area contributed by atoms with E-state index in [0.717, 1.165) is 4.68 Å². The van der Waals surface area contributed by atoms with Crippen molar-refractivity contribution in [3.63, 3.8) is 0 Å². The molecule has 12 heteroatoms. The summed E-state index contributed by atoms with van der Waals surface area (Å²) in [5.41, 5.74) is -1.26. The van der Waals surface area contributed by atoms with Gasteiger partial charge >= 0.3 is 6.18 Å². The standard InChI is InChI=1S/C14H11Cl2F3N4OS2/c1-25(2)22-13-12(26(3)24)10(6-20)21-23(13)11-8(15)4-7(5-9(11)16)14(17,18)19/h4-5H,1-3H3. The third-order valence-corrected chi connectivity index (χ3v) is 5.10. The zero-order valence-corrected chi connectivity index (χ0v) is 16.7. The average Bonchev–Trinajstić information content (AvgIpc) is 2.83. The van der Waals surface area contributed by atoms with Crippen molar-refractivity contribution in [2.45, 2.75) is 11.1 Å². The van der Waals surface area contributed by atoms with Gasteiger partial charge in [-0.15, -0.1) is 0 Å². The number of rotatable bonds is 3. The number of hydrogen-bond donors (Lipinski definition) is 0. The van der Waals surface area contributed by atoms with Crippen LogP contribution in [0.5, 0.6) is 0 Å². The largest absolute Gasteiger partial charge is 0.416 e. The van der Waals surface area contributed by atoms with Gasteiger partial charge in [-0.3, -0.25) is 4.21 Å². The summed E-state index contributed by atoms with van der Waals surface area (Å²) < 4.78 is 56.2. The molecule has 26 heavy (non-hydrogen) atoms. The van der Waals surface area contributed by atoms with Crippen molar-refractivity contribution in [3.8, 4) is 11.8 Å². The predicted molar refractivity (Wildman–Crippen MR) is 96.9 cm³/mol. The first-order valence-electron chi connectivity index (χ1n) is 6.70. The van der Waals surface area contributed by atoms with Crippen LogP contribution in [-0.4, -0.2) is 32.8 Å². The van der Waals surface area contributed by atoms with Crippen LogP contribution < -0.4 is 0 Å². The van der Waals surface area contributed by atoms with Crippen molar-refractivity contribution in [2.24, 2.45) is 4.36 Å². The number of aromatic nitrogens is 2. The number of hydrogen-bond acceptors (Lipinski definition) is 4. The molecule has 0 saturated carbocycles. The highest BCUT2D eigenvalue weighted by Gasteiger charge is 2.33. The lowest BCUT2D eigenvalue weighted by Crippen LogP contribution is -2.07. The summed E-state index contributed by atoms with van der Waals surface area (Å²) in [4.78, 5) is 0.0701. The maximum atomic E-state index is 12.9. The van der Waals surface area contributed by atoms with Gasteiger partial charge in [0.25, 0.3) is 0 Å². The molecule has 0 aliphatic heterocycles. The smallest absolute Gasteiger partial charge is 0.254 e. The van der Waals surface area contributed by atoms with E-state index in [1.54, 1.807) is 12.5 Å². The van der Waals surface area contributed by atoms with Crippen LogP contribution in [0, 0.1) is 11.3 Å². The molecule has 0 N–H and O–H groups in total. The van der Waals surface area contributed by atoms with Crippen molar-refractivity contribution in [3.05, 3.63) is 33.4 Å². The Labute approximate surface area is 162 Å². The topological polar surface area (TPSA) is 71.0 Å². The van der Waals surface area contributed by atoms with Gasteiger partial charge in [0.05, 0.1) is 26.4 Å². The quantitative estimate of drug-likeness (QED) is 0.702. The van der Waals surface area contributed by atoms with E-state index >= 15 is 0 Å². The van der Waals surface area contributed by atoms with Gasteiger partial charge in [0.2, 0.25) is 0 Å². The molecule has 0 amide bonds. The van der Waals surface area contributed by atoms with Crippen molar-refractivity contribution in [1.29, 1.82) is 5.26 Å². The zero-order valence-electron chi connectivity index (χ0n) is 13.6. The van der Waals surface area contributed by atoms with E-state index in [9.17, 15) is 22.6 Å². The summed E-state index contributed by atoms with van der Waals surface area (Å²) in [6.45, 7) is 0. The molecule has 2 aromatic rings. The van der Waals surface area contributed by atoms with E-state index in [1.807, 2.05) is 6.07 Å². The average molecular weight is 443 g/mol. The molecule has 1 atom stereocenters. The molecular formula is C14H11Cl2F3N4OS2. The first kappa shape index (κ1) is 20.9. The van der Waals surface area contributed by atoms with E-state index in [2.05, 4.69) is 9.46 Å². The summed E-state index contributed by atoms with van der Waals surface area (Å²) in [5.74, 6) is 0.0688. The van der Waals surface area contributed by atoms with Crippen LogP contribution in [0.1, 0.15) is 11.3 Å². The van der Waals surface area contributed by atoms with Crippen LogP contribution in [0.4, 0.5) is 19.0 Å². The molecule has 1 unspecified atom stereocenters. The number of nitriles is 1. The van der Waals surface area contributed by atoms with Gasteiger partial charge < -0.3 is 0 Å². The minimum absolute atomic E-state index is 0.0688. The monoisotopic (exact) mass is 442 g/mol. The molecule has 1 aromatic heterocycles. The Kier molecular flexibility index (Phi) is 6.17. The SMILES string of the molecule is CS(=O)c1c(C#N)nn(-c2c(Cl)cc(C(F)(F)F)cc2Cl)c1N=S(C)C. The molecule has 0 saturated heterocycles. The summed E-state index contributed by atoms with van der Waals surface area (Å²) in [6, 6.07) is 3.22. The lowest BCUT2D eigenvalue weighted by molar-refractivity contribution is -0.137. The van der Waals surface area contributed by atoms with Gasteiger partial charge in [0.1, 0.15) is 16.7 Å². The van der Waals surface area contributed by atoms with Crippen molar-refractivity contribution in [1.82, 2.24) is 9.78 Å². The molecule has 1 heterocycles. The Morgan fingerprint density at radius 3 is 2.15 bits per heavy atom. The second-order valence-corrected chi connectivity index (χ2v) is 8.99. The van der Waals surface area contributed by atoms with Crippen LogP contribution in [-0.2, 0) is 27.7 Å². The molecule has 0 aliphatic rings. The third kappa shape index (κ3) is 4.11. The maximum absolute atomic E-state index is 12.9. The minimum atomic E-state index is -4.63. The fourth-order valence-corrected chi connectivity index (χ4v) is 4.04. The van der Waals surface area contributed by atoms with E-state index < -0.39 is 33.2 Å². The van der Waals surface area contributed by atoms with Crippen molar-refractivity contribution in [2.75, 3.05) is 18.8 Å². The fourth-order valence-electron chi connectivity index (χ4n) is 2.07. The maximum Gasteiger partial charge on any atom is 0.416 e. The van der Waals surface area contributed by atoms with Crippen LogP contribution in [0.2, 0.25) is 10.0 Å². The summed E-state index contributed by atoms with van der Waals surface area (Å²) in [7, 11) is -2.16. The van der Waals surface area contributed by atoms with Crippen LogP contribution >= 0.6 is 23.2 Å². The summed E-state index contributed by atoms with van der Waals surface area (Å²) >= 11 is 12.0. The molecule has 5 nitrogen and oxygen atoms in total. The van der Waals surface area contributed by atoms with Gasteiger partial charge in [-0.25, -0.2) is 9.04 Å². The minimum Gasteiger partial charge on any atom is -0.254 e.